The van der Waals surface area contributed by atoms with Crippen LogP contribution in [0.2, 0.25) is 0 Å². The summed E-state index contributed by atoms with van der Waals surface area (Å²) in [7, 11) is -3.72. The van der Waals surface area contributed by atoms with Crippen LogP contribution in [0.15, 0.2) is 58.3 Å². The van der Waals surface area contributed by atoms with Crippen LogP contribution in [0.5, 0.6) is 5.75 Å². The van der Waals surface area contributed by atoms with Crippen LogP contribution >= 0.6 is 0 Å². The Bertz CT molecular complexity index is 940. The van der Waals surface area contributed by atoms with Gasteiger partial charge in [-0.2, -0.15) is 0 Å². The molecule has 0 bridgehead atoms. The van der Waals surface area contributed by atoms with Crippen molar-refractivity contribution in [2.24, 2.45) is 0 Å². The number of pyridine rings is 1. The summed E-state index contributed by atoms with van der Waals surface area (Å²) < 4.78 is 25.0. The first-order chi connectivity index (χ1) is 12.2. The van der Waals surface area contributed by atoms with Crippen molar-refractivity contribution in [3.63, 3.8) is 0 Å². The van der Waals surface area contributed by atoms with E-state index in [1.165, 1.54) is 57.4 Å². The molecule has 0 aliphatic carbocycles. The highest BCUT2D eigenvalue weighted by molar-refractivity contribution is 7.95. The minimum atomic E-state index is -3.72. The fraction of sp³-hybridized carbons (Fsp3) is 0.176. The predicted octanol–water partition coefficient (Wildman–Crippen LogP) is 2.81. The van der Waals surface area contributed by atoms with E-state index in [1.807, 2.05) is 0 Å². The number of phenols is 1. The molecule has 1 aromatic carbocycles. The highest BCUT2D eigenvalue weighted by Crippen LogP contribution is 2.27. The van der Waals surface area contributed by atoms with Crippen LogP contribution in [0.1, 0.15) is 20.8 Å². The number of nitrogens with zero attached hydrogens (tertiary/aromatic N) is 1. The summed E-state index contributed by atoms with van der Waals surface area (Å²) >= 11 is 0. The molecular formula is C17H19N3O5S. The van der Waals surface area contributed by atoms with Gasteiger partial charge >= 0.3 is 0 Å². The molecule has 0 unspecified atom stereocenters. The Morgan fingerprint density at radius 1 is 1.19 bits per heavy atom. The number of nitrogens with one attached hydrogen (secondary N) is 2. The molecule has 9 heteroatoms. The van der Waals surface area contributed by atoms with Crippen molar-refractivity contribution in [3.05, 3.63) is 53.4 Å². The Morgan fingerprint density at radius 2 is 1.92 bits per heavy atom. The fourth-order valence-corrected chi connectivity index (χ4v) is 3.20. The predicted molar refractivity (Wildman–Crippen MR) is 96.9 cm³/mol. The van der Waals surface area contributed by atoms with E-state index in [-0.39, 0.29) is 32.9 Å². The zero-order valence-corrected chi connectivity index (χ0v) is 15.3. The molecule has 1 aromatic heterocycles. The number of anilines is 2. The number of allylic oxidation sites excluding steroid dienone is 2. The van der Waals surface area contributed by atoms with Crippen molar-refractivity contribution in [1.29, 1.82) is 0 Å². The largest absolute Gasteiger partial charge is 0.506 e. The van der Waals surface area contributed by atoms with E-state index in [0.717, 1.165) is 0 Å². The monoisotopic (exact) mass is 377 g/mol. The molecule has 0 saturated carbocycles. The normalized spacial score (nSPS) is 12.1. The molecule has 2 aromatic rings. The van der Waals surface area contributed by atoms with Crippen LogP contribution in [0.25, 0.3) is 0 Å². The molecule has 3 N–H and O–H groups in total. The molecule has 0 aliphatic heterocycles. The van der Waals surface area contributed by atoms with E-state index in [2.05, 4.69) is 15.8 Å². The van der Waals surface area contributed by atoms with E-state index in [4.69, 9.17) is 4.84 Å². The first-order valence-corrected chi connectivity index (χ1v) is 9.06. The Hall–Kier alpha value is -3.07. The van der Waals surface area contributed by atoms with Gasteiger partial charge in [-0.25, -0.2) is 13.9 Å². The van der Waals surface area contributed by atoms with Crippen molar-refractivity contribution in [3.8, 4) is 5.75 Å². The van der Waals surface area contributed by atoms with Gasteiger partial charge < -0.3 is 15.3 Å². The number of hydrogen-bond acceptors (Lipinski definition) is 7. The zero-order chi connectivity index (χ0) is 19.3. The average molecular weight is 377 g/mol. The number of hydrogen-bond donors (Lipinski definition) is 3. The lowest BCUT2D eigenvalue weighted by Gasteiger charge is -2.13. The third-order valence-electron chi connectivity index (χ3n) is 3.47. The van der Waals surface area contributed by atoms with Gasteiger partial charge in [-0.1, -0.05) is 0 Å². The lowest BCUT2D eigenvalue weighted by Crippen LogP contribution is -2.09. The number of carbonyl (C=O) groups excluding carboxylic acids is 1. The maximum Gasteiger partial charge on any atom is 0.221 e. The fourth-order valence-electron chi connectivity index (χ4n) is 1.97. The van der Waals surface area contributed by atoms with Crippen molar-refractivity contribution >= 4 is 27.1 Å². The highest BCUT2D eigenvalue weighted by atomic mass is 32.2. The molecule has 0 atom stereocenters. The molecule has 0 radical (unpaired) electrons. The average Bonchev–Trinajstić information content (AvgIpc) is 2.61. The number of amides is 1. The highest BCUT2D eigenvalue weighted by Gasteiger charge is 2.20. The molecular weight excluding hydrogens is 358 g/mol. The number of sulfone groups is 1. The topological polar surface area (TPSA) is 118 Å². The summed E-state index contributed by atoms with van der Waals surface area (Å²) in [6, 6.07) is 7.37. The zero-order valence-electron chi connectivity index (χ0n) is 14.5. The molecule has 0 fully saturated rings. The van der Waals surface area contributed by atoms with E-state index >= 15 is 0 Å². The maximum atomic E-state index is 12.5. The van der Waals surface area contributed by atoms with Gasteiger partial charge in [0, 0.05) is 25.4 Å². The number of rotatable bonds is 6. The molecule has 1 heterocycles. The van der Waals surface area contributed by atoms with Crippen molar-refractivity contribution in [2.75, 3.05) is 10.8 Å². The van der Waals surface area contributed by atoms with Crippen LogP contribution in [0.3, 0.4) is 0 Å². The number of phenolic OH excluding ortho intramolecular Hbond substituents is 1. The van der Waals surface area contributed by atoms with Gasteiger partial charge in [-0.15, -0.1) is 0 Å². The quantitative estimate of drug-likeness (QED) is 0.402. The molecule has 0 aliphatic rings. The second-order valence-corrected chi connectivity index (χ2v) is 7.51. The SMILES string of the molecule is CC(=O)Nc1ccc(NO/C(C)=C(/C)S(=O)(=O)c2cccnc2)cc1O. The van der Waals surface area contributed by atoms with Crippen LogP contribution < -0.4 is 10.8 Å². The molecule has 2 rings (SSSR count). The molecule has 1 amide bonds. The number of aromatic hydroxyl groups is 1. The van der Waals surface area contributed by atoms with Crippen LogP contribution in [-0.4, -0.2) is 24.4 Å². The lowest BCUT2D eigenvalue weighted by atomic mass is 10.2. The second-order valence-electron chi connectivity index (χ2n) is 5.42. The third-order valence-corrected chi connectivity index (χ3v) is 5.43. The van der Waals surface area contributed by atoms with E-state index < -0.39 is 9.84 Å². The van der Waals surface area contributed by atoms with E-state index in [0.29, 0.717) is 5.69 Å². The minimum absolute atomic E-state index is 0.0251. The first kappa shape index (κ1) is 19.3. The van der Waals surface area contributed by atoms with Gasteiger partial charge in [-0.3, -0.25) is 9.78 Å². The van der Waals surface area contributed by atoms with Crippen LogP contribution in [-0.2, 0) is 19.5 Å². The van der Waals surface area contributed by atoms with Gasteiger partial charge in [0.05, 0.1) is 21.2 Å². The van der Waals surface area contributed by atoms with Crippen molar-refractivity contribution < 1.29 is 23.2 Å². The first-order valence-electron chi connectivity index (χ1n) is 7.58. The van der Waals surface area contributed by atoms with Crippen LogP contribution in [0.4, 0.5) is 11.4 Å². The minimum Gasteiger partial charge on any atom is -0.506 e. The second kappa shape index (κ2) is 7.87. The maximum absolute atomic E-state index is 12.5. The summed E-state index contributed by atoms with van der Waals surface area (Å²) in [6.45, 7) is 4.26. The van der Waals surface area contributed by atoms with Crippen molar-refractivity contribution in [1.82, 2.24) is 4.98 Å². The summed E-state index contributed by atoms with van der Waals surface area (Å²) in [5, 5.41) is 12.3. The summed E-state index contributed by atoms with van der Waals surface area (Å²) in [6.07, 6.45) is 2.75. The Kier molecular flexibility index (Phi) is 5.83. The van der Waals surface area contributed by atoms with E-state index in [9.17, 15) is 18.3 Å². The Balaban J connectivity index is 2.14. The number of carbonyl (C=O) groups is 1. The van der Waals surface area contributed by atoms with Crippen LogP contribution in [0, 0.1) is 0 Å². The van der Waals surface area contributed by atoms with Gasteiger partial charge in [0.15, 0.2) is 0 Å². The van der Waals surface area contributed by atoms with Crippen molar-refractivity contribution in [2.45, 2.75) is 25.7 Å². The molecule has 0 saturated heterocycles. The summed E-state index contributed by atoms with van der Waals surface area (Å²) in [4.78, 5) is 20.2. The smallest absolute Gasteiger partial charge is 0.221 e. The van der Waals surface area contributed by atoms with Gasteiger partial charge in [0.2, 0.25) is 15.7 Å². The van der Waals surface area contributed by atoms with Gasteiger partial charge in [0.25, 0.3) is 0 Å². The molecule has 8 nitrogen and oxygen atoms in total. The number of aromatic nitrogens is 1. The Morgan fingerprint density at radius 3 is 2.50 bits per heavy atom. The van der Waals surface area contributed by atoms with E-state index in [1.54, 1.807) is 6.07 Å². The molecule has 0 spiro atoms. The lowest BCUT2D eigenvalue weighted by molar-refractivity contribution is -0.114. The molecule has 138 valence electrons. The van der Waals surface area contributed by atoms with Gasteiger partial charge in [0.1, 0.15) is 11.5 Å². The summed E-state index contributed by atoms with van der Waals surface area (Å²) in [5.41, 5.74) is 3.19. The number of benzene rings is 1. The Labute approximate surface area is 151 Å². The van der Waals surface area contributed by atoms with Gasteiger partial charge in [-0.05, 0) is 38.1 Å². The third kappa shape index (κ3) is 4.51. The molecule has 26 heavy (non-hydrogen) atoms. The summed E-state index contributed by atoms with van der Waals surface area (Å²) in [5.74, 6) is -0.332. The standard InChI is InChI=1S/C17H19N3O5S/c1-11(12(2)26(23,24)15-5-4-8-18-10-15)25-20-14-6-7-16(17(22)9-14)19-13(3)21/h4-10,20,22H,1-3H3,(H,19,21)/b12-11-.